The molecule has 1 aromatic heterocycles. The number of aliphatic hydroxyl groups excluding tert-OH is 1. The van der Waals surface area contributed by atoms with Crippen LogP contribution in [0.15, 0.2) is 6.20 Å². The molecule has 0 fully saturated rings. The van der Waals surface area contributed by atoms with Crippen LogP contribution in [-0.2, 0) is 6.54 Å². The van der Waals surface area contributed by atoms with E-state index >= 15 is 0 Å². The van der Waals surface area contributed by atoms with Gasteiger partial charge in [-0.25, -0.2) is 4.98 Å². The molecule has 16 heavy (non-hydrogen) atoms. The Hall–Kier alpha value is -0.650. The van der Waals surface area contributed by atoms with E-state index in [0.717, 1.165) is 11.7 Å². The number of aliphatic hydroxyl groups is 1. The van der Waals surface area contributed by atoms with Crippen LogP contribution in [0.4, 0.5) is 5.13 Å². The van der Waals surface area contributed by atoms with Gasteiger partial charge in [-0.1, -0.05) is 0 Å². The molecule has 0 spiro atoms. The summed E-state index contributed by atoms with van der Waals surface area (Å²) < 4.78 is 0. The molecule has 1 aromatic rings. The van der Waals surface area contributed by atoms with E-state index in [2.05, 4.69) is 23.7 Å². The minimum atomic E-state index is 0.206. The molecule has 0 saturated carbocycles. The third kappa shape index (κ3) is 3.73. The molecule has 0 radical (unpaired) electrons. The standard InChI is InChI=1S/C11H21N3OS/c1-9(2)14(5-6-15)8-10-7-12-11(16-10)13(3)4/h7,9,15H,5-6,8H2,1-4H3. The largest absolute Gasteiger partial charge is 0.395 e. The number of rotatable bonds is 6. The molecule has 5 heteroatoms. The van der Waals surface area contributed by atoms with Crippen LogP contribution in [-0.4, -0.2) is 48.3 Å². The second-order valence-corrected chi connectivity index (χ2v) is 5.39. The molecule has 0 aliphatic carbocycles. The molecule has 1 heterocycles. The molecule has 4 nitrogen and oxygen atoms in total. The van der Waals surface area contributed by atoms with Crippen LogP contribution in [0, 0.1) is 0 Å². The number of nitrogens with zero attached hydrogens (tertiary/aromatic N) is 3. The minimum Gasteiger partial charge on any atom is -0.395 e. The Balaban J connectivity index is 2.62. The number of anilines is 1. The molecule has 1 rings (SSSR count). The van der Waals surface area contributed by atoms with E-state index in [-0.39, 0.29) is 6.61 Å². The zero-order chi connectivity index (χ0) is 12.1. The lowest BCUT2D eigenvalue weighted by atomic mass is 10.3. The Morgan fingerprint density at radius 2 is 2.12 bits per heavy atom. The lowest BCUT2D eigenvalue weighted by Gasteiger charge is -2.24. The first-order valence-electron chi connectivity index (χ1n) is 5.51. The van der Waals surface area contributed by atoms with Crippen molar-refractivity contribution >= 4 is 16.5 Å². The molecule has 92 valence electrons. The first kappa shape index (κ1) is 13.4. The van der Waals surface area contributed by atoms with Crippen molar-refractivity contribution in [2.45, 2.75) is 26.4 Å². The summed E-state index contributed by atoms with van der Waals surface area (Å²) in [5, 5.41) is 10.0. The van der Waals surface area contributed by atoms with Crippen LogP contribution in [0.1, 0.15) is 18.7 Å². The van der Waals surface area contributed by atoms with Crippen LogP contribution in [0.2, 0.25) is 0 Å². The fourth-order valence-electron chi connectivity index (χ4n) is 1.43. The summed E-state index contributed by atoms with van der Waals surface area (Å²) in [5.74, 6) is 0. The minimum absolute atomic E-state index is 0.206. The van der Waals surface area contributed by atoms with Gasteiger partial charge in [0.25, 0.3) is 0 Å². The third-order valence-corrected chi connectivity index (χ3v) is 3.55. The van der Waals surface area contributed by atoms with E-state index < -0.39 is 0 Å². The molecule has 0 atom stereocenters. The average molecular weight is 243 g/mol. The predicted molar refractivity (Wildman–Crippen MR) is 69.1 cm³/mol. The predicted octanol–water partition coefficient (Wildman–Crippen LogP) is 1.41. The molecule has 0 aliphatic rings. The SMILES string of the molecule is CC(C)N(CCO)Cc1cnc(N(C)C)s1. The fourth-order valence-corrected chi connectivity index (χ4v) is 2.28. The van der Waals surface area contributed by atoms with Crippen molar-refractivity contribution in [1.29, 1.82) is 0 Å². The van der Waals surface area contributed by atoms with E-state index in [1.54, 1.807) is 11.3 Å². The number of hydrogen-bond acceptors (Lipinski definition) is 5. The smallest absolute Gasteiger partial charge is 0.185 e. The lowest BCUT2D eigenvalue weighted by molar-refractivity contribution is 0.160. The van der Waals surface area contributed by atoms with Gasteiger partial charge in [0, 0.05) is 44.3 Å². The summed E-state index contributed by atoms with van der Waals surface area (Å²) in [4.78, 5) is 9.84. The monoisotopic (exact) mass is 243 g/mol. The second kappa shape index (κ2) is 6.18. The number of thiazole rings is 1. The maximum absolute atomic E-state index is 8.99. The highest BCUT2D eigenvalue weighted by atomic mass is 32.1. The maximum atomic E-state index is 8.99. The van der Waals surface area contributed by atoms with Gasteiger partial charge in [0.15, 0.2) is 5.13 Å². The highest BCUT2D eigenvalue weighted by Crippen LogP contribution is 2.22. The van der Waals surface area contributed by atoms with Gasteiger partial charge in [0.2, 0.25) is 0 Å². The Labute approximate surface area is 102 Å². The molecule has 0 aliphatic heterocycles. The molecular formula is C11H21N3OS. The van der Waals surface area contributed by atoms with Gasteiger partial charge in [-0.05, 0) is 13.8 Å². The van der Waals surface area contributed by atoms with E-state index in [9.17, 15) is 0 Å². The van der Waals surface area contributed by atoms with E-state index in [1.807, 2.05) is 25.2 Å². The van der Waals surface area contributed by atoms with Crippen LogP contribution < -0.4 is 4.90 Å². The highest BCUT2D eigenvalue weighted by molar-refractivity contribution is 7.15. The van der Waals surface area contributed by atoms with Gasteiger partial charge in [-0.3, -0.25) is 4.90 Å². The molecular weight excluding hydrogens is 222 g/mol. The van der Waals surface area contributed by atoms with E-state index in [0.29, 0.717) is 12.6 Å². The van der Waals surface area contributed by atoms with Crippen molar-refractivity contribution in [2.24, 2.45) is 0 Å². The average Bonchev–Trinajstić information content (AvgIpc) is 2.65. The summed E-state index contributed by atoms with van der Waals surface area (Å²) in [7, 11) is 3.99. The molecule has 0 bridgehead atoms. The second-order valence-electron chi connectivity index (χ2n) is 4.29. The van der Waals surface area contributed by atoms with Gasteiger partial charge in [0.05, 0.1) is 6.61 Å². The Morgan fingerprint density at radius 1 is 1.44 bits per heavy atom. The van der Waals surface area contributed by atoms with E-state index in [1.165, 1.54) is 4.88 Å². The highest BCUT2D eigenvalue weighted by Gasteiger charge is 2.12. The van der Waals surface area contributed by atoms with E-state index in [4.69, 9.17) is 5.11 Å². The van der Waals surface area contributed by atoms with Gasteiger partial charge in [-0.15, -0.1) is 11.3 Å². The Morgan fingerprint density at radius 3 is 2.56 bits per heavy atom. The first-order valence-corrected chi connectivity index (χ1v) is 6.33. The van der Waals surface area contributed by atoms with Crippen LogP contribution in [0.3, 0.4) is 0 Å². The Bertz CT molecular complexity index is 312. The van der Waals surface area contributed by atoms with Crippen molar-refractivity contribution in [1.82, 2.24) is 9.88 Å². The Kier molecular flexibility index (Phi) is 5.18. The summed E-state index contributed by atoms with van der Waals surface area (Å²) in [5.41, 5.74) is 0. The molecule has 1 N–H and O–H groups in total. The first-order chi connectivity index (χ1) is 7.54. The quantitative estimate of drug-likeness (QED) is 0.820. The maximum Gasteiger partial charge on any atom is 0.185 e. The van der Waals surface area contributed by atoms with Crippen molar-refractivity contribution < 1.29 is 5.11 Å². The fraction of sp³-hybridized carbons (Fsp3) is 0.727. The topological polar surface area (TPSA) is 39.6 Å². The molecule has 0 saturated heterocycles. The normalized spacial score (nSPS) is 11.4. The summed E-state index contributed by atoms with van der Waals surface area (Å²) in [6.45, 7) is 6.07. The molecule has 0 unspecified atom stereocenters. The van der Waals surface area contributed by atoms with Crippen LogP contribution >= 0.6 is 11.3 Å². The third-order valence-electron chi connectivity index (χ3n) is 2.40. The van der Waals surface area contributed by atoms with Gasteiger partial charge >= 0.3 is 0 Å². The van der Waals surface area contributed by atoms with Gasteiger partial charge < -0.3 is 10.0 Å². The zero-order valence-corrected chi connectivity index (χ0v) is 11.3. The van der Waals surface area contributed by atoms with Crippen molar-refractivity contribution in [3.8, 4) is 0 Å². The zero-order valence-electron chi connectivity index (χ0n) is 10.5. The van der Waals surface area contributed by atoms with Crippen LogP contribution in [0.25, 0.3) is 0 Å². The summed E-state index contributed by atoms with van der Waals surface area (Å²) in [6.07, 6.45) is 1.92. The van der Waals surface area contributed by atoms with Crippen LogP contribution in [0.5, 0.6) is 0 Å². The molecule has 0 amide bonds. The van der Waals surface area contributed by atoms with Gasteiger partial charge in [0.1, 0.15) is 0 Å². The number of hydrogen-bond donors (Lipinski definition) is 1. The van der Waals surface area contributed by atoms with Gasteiger partial charge in [-0.2, -0.15) is 0 Å². The summed E-state index contributed by atoms with van der Waals surface area (Å²) >= 11 is 1.70. The van der Waals surface area contributed by atoms with Crippen molar-refractivity contribution in [3.63, 3.8) is 0 Å². The van der Waals surface area contributed by atoms with Crippen molar-refractivity contribution in [3.05, 3.63) is 11.1 Å². The number of aromatic nitrogens is 1. The molecule has 0 aromatic carbocycles. The lowest BCUT2D eigenvalue weighted by Crippen LogP contribution is -2.32. The summed E-state index contributed by atoms with van der Waals surface area (Å²) in [6, 6.07) is 0.442. The van der Waals surface area contributed by atoms with Crippen molar-refractivity contribution in [2.75, 3.05) is 32.1 Å².